The minimum absolute atomic E-state index is 0.164. The standard InChI is InChI=1S/C22H27N3O5S/c1-16-5-11-19(12-6-16)31(28,29)24-18-9-7-17(8-10-18)22(27)25-14-3-4-20(25)21(26)23-13-15-30-2/h5-12,20,24H,3-4,13-15H2,1-2H3,(H,23,26). The SMILES string of the molecule is COCCNC(=O)C1CCCN1C(=O)c1ccc(NS(=O)(=O)c2ccc(C)cc2)cc1. The maximum Gasteiger partial charge on any atom is 0.261 e. The smallest absolute Gasteiger partial charge is 0.261 e. The van der Waals surface area contributed by atoms with Gasteiger partial charge in [0.25, 0.3) is 15.9 Å². The number of rotatable bonds is 8. The highest BCUT2D eigenvalue weighted by atomic mass is 32.2. The monoisotopic (exact) mass is 445 g/mol. The van der Waals surface area contributed by atoms with Crippen LogP contribution in [-0.4, -0.2) is 58.0 Å². The fourth-order valence-electron chi connectivity index (χ4n) is 3.45. The van der Waals surface area contributed by atoms with E-state index in [0.29, 0.717) is 37.4 Å². The van der Waals surface area contributed by atoms with Crippen LogP contribution in [0.15, 0.2) is 53.4 Å². The Morgan fingerprint density at radius 3 is 2.42 bits per heavy atom. The molecule has 2 N–H and O–H groups in total. The van der Waals surface area contributed by atoms with E-state index in [1.54, 1.807) is 60.5 Å². The van der Waals surface area contributed by atoms with Crippen LogP contribution in [0.3, 0.4) is 0 Å². The molecule has 0 saturated carbocycles. The van der Waals surface area contributed by atoms with Crippen LogP contribution in [0.1, 0.15) is 28.8 Å². The lowest BCUT2D eigenvalue weighted by Gasteiger charge is -2.24. The first-order valence-electron chi connectivity index (χ1n) is 10.1. The third-order valence-corrected chi connectivity index (χ3v) is 6.53. The van der Waals surface area contributed by atoms with Crippen molar-refractivity contribution < 1.29 is 22.7 Å². The van der Waals surface area contributed by atoms with E-state index in [9.17, 15) is 18.0 Å². The topological polar surface area (TPSA) is 105 Å². The molecule has 1 unspecified atom stereocenters. The number of carbonyl (C=O) groups excluding carboxylic acids is 2. The van der Waals surface area contributed by atoms with E-state index in [2.05, 4.69) is 10.0 Å². The van der Waals surface area contributed by atoms with Gasteiger partial charge in [-0.15, -0.1) is 0 Å². The molecule has 0 bridgehead atoms. The number of hydrogen-bond acceptors (Lipinski definition) is 5. The molecule has 8 nitrogen and oxygen atoms in total. The van der Waals surface area contributed by atoms with E-state index < -0.39 is 16.1 Å². The summed E-state index contributed by atoms with van der Waals surface area (Å²) in [6.07, 6.45) is 1.36. The first-order chi connectivity index (χ1) is 14.8. The lowest BCUT2D eigenvalue weighted by Crippen LogP contribution is -2.46. The fraction of sp³-hybridized carbons (Fsp3) is 0.364. The van der Waals surface area contributed by atoms with Crippen molar-refractivity contribution in [3.63, 3.8) is 0 Å². The molecule has 1 saturated heterocycles. The number of methoxy groups -OCH3 is 1. The summed E-state index contributed by atoms with van der Waals surface area (Å²) in [6, 6.07) is 12.3. The van der Waals surface area contributed by atoms with Gasteiger partial charge in [-0.1, -0.05) is 17.7 Å². The van der Waals surface area contributed by atoms with Gasteiger partial charge >= 0.3 is 0 Å². The zero-order valence-electron chi connectivity index (χ0n) is 17.6. The number of anilines is 1. The van der Waals surface area contributed by atoms with Crippen molar-refractivity contribution >= 4 is 27.5 Å². The van der Waals surface area contributed by atoms with Gasteiger partial charge in [0, 0.05) is 31.5 Å². The number of ether oxygens (including phenoxy) is 1. The van der Waals surface area contributed by atoms with Gasteiger partial charge in [0.15, 0.2) is 0 Å². The largest absolute Gasteiger partial charge is 0.383 e. The lowest BCUT2D eigenvalue weighted by molar-refractivity contribution is -0.125. The summed E-state index contributed by atoms with van der Waals surface area (Å²) in [4.78, 5) is 27.0. The third kappa shape index (κ3) is 5.62. The average molecular weight is 446 g/mol. The maximum atomic E-state index is 12.9. The van der Waals surface area contributed by atoms with Gasteiger partial charge in [-0.2, -0.15) is 0 Å². The molecule has 1 aliphatic heterocycles. The molecular formula is C22H27N3O5S. The zero-order valence-corrected chi connectivity index (χ0v) is 18.4. The summed E-state index contributed by atoms with van der Waals surface area (Å²) in [6.45, 7) is 3.19. The molecule has 166 valence electrons. The van der Waals surface area contributed by atoms with E-state index in [0.717, 1.165) is 12.0 Å². The van der Waals surface area contributed by atoms with Crippen LogP contribution >= 0.6 is 0 Å². The number of nitrogens with one attached hydrogen (secondary N) is 2. The molecule has 1 heterocycles. The normalized spacial score (nSPS) is 16.2. The van der Waals surface area contributed by atoms with E-state index >= 15 is 0 Å². The molecule has 9 heteroatoms. The summed E-state index contributed by atoms with van der Waals surface area (Å²) in [5.74, 6) is -0.442. The average Bonchev–Trinajstić information content (AvgIpc) is 3.24. The Kier molecular flexibility index (Phi) is 7.29. The Morgan fingerprint density at radius 1 is 1.10 bits per heavy atom. The van der Waals surface area contributed by atoms with Crippen molar-refractivity contribution in [3.8, 4) is 0 Å². The van der Waals surface area contributed by atoms with Crippen molar-refractivity contribution in [2.24, 2.45) is 0 Å². The lowest BCUT2D eigenvalue weighted by atomic mass is 10.1. The first-order valence-corrected chi connectivity index (χ1v) is 11.6. The van der Waals surface area contributed by atoms with Crippen LogP contribution in [0, 0.1) is 6.92 Å². The number of sulfonamides is 1. The molecular weight excluding hydrogens is 418 g/mol. The fourth-order valence-corrected chi connectivity index (χ4v) is 4.51. The molecule has 0 aromatic heterocycles. The Labute approximate surface area is 182 Å². The Morgan fingerprint density at radius 2 is 1.77 bits per heavy atom. The van der Waals surface area contributed by atoms with Crippen molar-refractivity contribution in [3.05, 3.63) is 59.7 Å². The quantitative estimate of drug-likeness (QED) is 0.606. The molecule has 2 aromatic carbocycles. The molecule has 0 aliphatic carbocycles. The summed E-state index contributed by atoms with van der Waals surface area (Å²) in [5.41, 5.74) is 1.72. The second-order valence-electron chi connectivity index (χ2n) is 7.44. The van der Waals surface area contributed by atoms with Gasteiger partial charge in [0.1, 0.15) is 6.04 Å². The van der Waals surface area contributed by atoms with Crippen LogP contribution in [-0.2, 0) is 19.6 Å². The van der Waals surface area contributed by atoms with E-state index in [4.69, 9.17) is 4.74 Å². The van der Waals surface area contributed by atoms with Gasteiger partial charge in [-0.3, -0.25) is 14.3 Å². The van der Waals surface area contributed by atoms with Crippen molar-refractivity contribution in [1.29, 1.82) is 0 Å². The predicted molar refractivity (Wildman–Crippen MR) is 117 cm³/mol. The van der Waals surface area contributed by atoms with Gasteiger partial charge < -0.3 is 15.0 Å². The second kappa shape index (κ2) is 9.93. The van der Waals surface area contributed by atoms with Crippen molar-refractivity contribution in [2.45, 2.75) is 30.7 Å². The Hall–Kier alpha value is -2.91. The molecule has 1 aliphatic rings. The first kappa shape index (κ1) is 22.8. The van der Waals surface area contributed by atoms with Crippen LogP contribution in [0.2, 0.25) is 0 Å². The number of nitrogens with zero attached hydrogens (tertiary/aromatic N) is 1. The number of aryl methyl sites for hydroxylation is 1. The minimum atomic E-state index is -3.72. The van der Waals surface area contributed by atoms with Crippen molar-refractivity contribution in [2.75, 3.05) is 31.5 Å². The van der Waals surface area contributed by atoms with Crippen LogP contribution < -0.4 is 10.0 Å². The summed E-state index contributed by atoms with van der Waals surface area (Å²) in [5, 5.41) is 2.78. The van der Waals surface area contributed by atoms with E-state index in [1.165, 1.54) is 0 Å². The summed E-state index contributed by atoms with van der Waals surface area (Å²) < 4.78 is 32.5. The Bertz CT molecular complexity index is 1020. The van der Waals surface area contributed by atoms with Crippen LogP contribution in [0.4, 0.5) is 5.69 Å². The third-order valence-electron chi connectivity index (χ3n) is 5.14. The molecule has 31 heavy (non-hydrogen) atoms. The predicted octanol–water partition coefficient (Wildman–Crippen LogP) is 2.16. The zero-order chi connectivity index (χ0) is 22.4. The van der Waals surface area contributed by atoms with Crippen LogP contribution in [0.5, 0.6) is 0 Å². The van der Waals surface area contributed by atoms with Gasteiger partial charge in [0.05, 0.1) is 11.5 Å². The van der Waals surface area contributed by atoms with Gasteiger partial charge in [0.2, 0.25) is 5.91 Å². The highest BCUT2D eigenvalue weighted by Gasteiger charge is 2.34. The number of amides is 2. The van der Waals surface area contributed by atoms with Gasteiger partial charge in [-0.25, -0.2) is 8.42 Å². The highest BCUT2D eigenvalue weighted by Crippen LogP contribution is 2.22. The van der Waals surface area contributed by atoms with Crippen LogP contribution in [0.25, 0.3) is 0 Å². The Balaban J connectivity index is 1.67. The number of hydrogen-bond donors (Lipinski definition) is 2. The van der Waals surface area contributed by atoms with E-state index in [1.807, 2.05) is 6.92 Å². The summed E-state index contributed by atoms with van der Waals surface area (Å²) in [7, 11) is -2.16. The molecule has 1 fully saturated rings. The molecule has 1 atom stereocenters. The maximum absolute atomic E-state index is 12.9. The highest BCUT2D eigenvalue weighted by molar-refractivity contribution is 7.92. The number of benzene rings is 2. The molecule has 0 spiro atoms. The summed E-state index contributed by atoms with van der Waals surface area (Å²) >= 11 is 0. The number of carbonyl (C=O) groups is 2. The van der Waals surface area contributed by atoms with E-state index in [-0.39, 0.29) is 16.7 Å². The minimum Gasteiger partial charge on any atom is -0.383 e. The molecule has 3 rings (SSSR count). The number of likely N-dealkylation sites (tertiary alicyclic amines) is 1. The molecule has 0 radical (unpaired) electrons. The second-order valence-corrected chi connectivity index (χ2v) is 9.12. The molecule has 2 amide bonds. The van der Waals surface area contributed by atoms with Gasteiger partial charge in [-0.05, 0) is 56.2 Å². The molecule has 2 aromatic rings. The van der Waals surface area contributed by atoms with Crippen molar-refractivity contribution in [1.82, 2.24) is 10.2 Å².